The van der Waals surface area contributed by atoms with Crippen LogP contribution in [0.5, 0.6) is 11.5 Å². The van der Waals surface area contributed by atoms with E-state index in [0.29, 0.717) is 25.7 Å². The number of carbonyl (C=O) groups is 1. The van der Waals surface area contributed by atoms with E-state index in [9.17, 15) is 4.79 Å². The molecule has 0 radical (unpaired) electrons. The first-order valence-electron chi connectivity index (χ1n) is 10.2. The van der Waals surface area contributed by atoms with Gasteiger partial charge in [-0.2, -0.15) is 0 Å². The lowest BCUT2D eigenvalue weighted by Crippen LogP contribution is -2.49. The molecule has 8 nitrogen and oxygen atoms in total. The van der Waals surface area contributed by atoms with Crippen LogP contribution in [-0.2, 0) is 11.2 Å². The number of hydrogen-bond donors (Lipinski definition) is 2. The van der Waals surface area contributed by atoms with Gasteiger partial charge in [0.25, 0.3) is 0 Å². The smallest absolute Gasteiger partial charge is 0.409 e. The Morgan fingerprint density at radius 2 is 2.00 bits per heavy atom. The van der Waals surface area contributed by atoms with Crippen molar-refractivity contribution in [3.63, 3.8) is 0 Å². The van der Waals surface area contributed by atoms with Crippen LogP contribution in [0.1, 0.15) is 31.7 Å². The molecule has 0 unspecified atom stereocenters. The molecule has 1 aliphatic rings. The summed E-state index contributed by atoms with van der Waals surface area (Å²) in [4.78, 5) is 17.6. The second-order valence-corrected chi connectivity index (χ2v) is 6.90. The standard InChI is InChI=1S/C21H34N4O4/c1-5-29-19-15-16(8-9-18(19)27-3)7-6-12-23-20(22-2)24-17-10-13-25(14-11-17)21(26)28-4/h8-9,15,17H,5-7,10-14H2,1-4H3,(H2,22,23,24). The molecule has 162 valence electrons. The second kappa shape index (κ2) is 12.0. The van der Waals surface area contributed by atoms with Crippen molar-refractivity contribution >= 4 is 12.1 Å². The zero-order valence-corrected chi connectivity index (χ0v) is 18.0. The fourth-order valence-electron chi connectivity index (χ4n) is 3.37. The number of benzene rings is 1. The first-order chi connectivity index (χ1) is 14.1. The zero-order valence-electron chi connectivity index (χ0n) is 18.0. The largest absolute Gasteiger partial charge is 0.493 e. The quantitative estimate of drug-likeness (QED) is 0.392. The Morgan fingerprint density at radius 3 is 2.62 bits per heavy atom. The van der Waals surface area contributed by atoms with Crippen molar-refractivity contribution in [1.29, 1.82) is 0 Å². The predicted octanol–water partition coefficient (Wildman–Crippen LogP) is 2.42. The van der Waals surface area contributed by atoms with Crippen LogP contribution in [0.2, 0.25) is 0 Å². The Bertz CT molecular complexity index is 673. The van der Waals surface area contributed by atoms with Crippen molar-refractivity contribution in [3.05, 3.63) is 23.8 Å². The summed E-state index contributed by atoms with van der Waals surface area (Å²) < 4.78 is 15.8. The predicted molar refractivity (Wildman–Crippen MR) is 114 cm³/mol. The van der Waals surface area contributed by atoms with Crippen LogP contribution < -0.4 is 20.1 Å². The minimum Gasteiger partial charge on any atom is -0.493 e. The van der Waals surface area contributed by atoms with Crippen molar-refractivity contribution in [2.24, 2.45) is 4.99 Å². The summed E-state index contributed by atoms with van der Waals surface area (Å²) in [6.45, 7) is 4.79. The van der Waals surface area contributed by atoms with Crippen molar-refractivity contribution in [2.45, 2.75) is 38.6 Å². The fraction of sp³-hybridized carbons (Fsp3) is 0.619. The number of ether oxygens (including phenoxy) is 3. The van der Waals surface area contributed by atoms with Gasteiger partial charge in [-0.15, -0.1) is 0 Å². The van der Waals surface area contributed by atoms with Gasteiger partial charge in [-0.1, -0.05) is 6.07 Å². The van der Waals surface area contributed by atoms with E-state index in [1.165, 1.54) is 12.7 Å². The van der Waals surface area contributed by atoms with Gasteiger partial charge in [-0.3, -0.25) is 4.99 Å². The van der Waals surface area contributed by atoms with Crippen LogP contribution in [0.3, 0.4) is 0 Å². The third kappa shape index (κ3) is 7.03. The number of aryl methyl sites for hydroxylation is 1. The molecule has 8 heteroatoms. The van der Waals surface area contributed by atoms with E-state index >= 15 is 0 Å². The molecule has 1 fully saturated rings. The van der Waals surface area contributed by atoms with Crippen LogP contribution in [0, 0.1) is 0 Å². The minimum atomic E-state index is -0.253. The monoisotopic (exact) mass is 406 g/mol. The van der Waals surface area contributed by atoms with E-state index in [1.54, 1.807) is 19.1 Å². The van der Waals surface area contributed by atoms with Crippen molar-refractivity contribution < 1.29 is 19.0 Å². The van der Waals surface area contributed by atoms with Gasteiger partial charge in [0, 0.05) is 32.7 Å². The highest BCUT2D eigenvalue weighted by atomic mass is 16.5. The maximum Gasteiger partial charge on any atom is 0.409 e. The maximum atomic E-state index is 11.6. The molecule has 0 aromatic heterocycles. The number of amides is 1. The molecular formula is C21H34N4O4. The normalized spacial score (nSPS) is 15.0. The number of nitrogens with one attached hydrogen (secondary N) is 2. The average Bonchev–Trinajstić information content (AvgIpc) is 2.76. The third-order valence-corrected chi connectivity index (χ3v) is 4.95. The van der Waals surface area contributed by atoms with E-state index in [0.717, 1.165) is 49.7 Å². The SMILES string of the molecule is CCOc1cc(CCCNC(=NC)NC2CCN(C(=O)OC)CC2)ccc1OC. The molecule has 1 heterocycles. The van der Waals surface area contributed by atoms with Crippen LogP contribution in [0.4, 0.5) is 4.79 Å². The number of likely N-dealkylation sites (tertiary alicyclic amines) is 1. The van der Waals surface area contributed by atoms with E-state index in [-0.39, 0.29) is 6.09 Å². The molecule has 1 aliphatic heterocycles. The van der Waals surface area contributed by atoms with Crippen LogP contribution in [0.25, 0.3) is 0 Å². The molecule has 1 aromatic carbocycles. The van der Waals surface area contributed by atoms with Gasteiger partial charge < -0.3 is 29.7 Å². The lowest BCUT2D eigenvalue weighted by molar-refractivity contribution is 0.111. The Labute approximate surface area is 173 Å². The van der Waals surface area contributed by atoms with E-state index < -0.39 is 0 Å². The van der Waals surface area contributed by atoms with Gasteiger partial charge in [0.15, 0.2) is 17.5 Å². The summed E-state index contributed by atoms with van der Waals surface area (Å²) in [6, 6.07) is 6.38. The average molecular weight is 407 g/mol. The molecule has 0 atom stereocenters. The Kier molecular flexibility index (Phi) is 9.40. The number of hydrogen-bond acceptors (Lipinski definition) is 5. The van der Waals surface area contributed by atoms with Gasteiger partial charge in [0.2, 0.25) is 0 Å². The number of nitrogens with zero attached hydrogens (tertiary/aromatic N) is 2. The van der Waals surface area contributed by atoms with Crippen molar-refractivity contribution in [2.75, 3.05) is 47.5 Å². The van der Waals surface area contributed by atoms with Crippen LogP contribution in [0.15, 0.2) is 23.2 Å². The molecular weight excluding hydrogens is 372 g/mol. The first-order valence-corrected chi connectivity index (χ1v) is 10.2. The Hall–Kier alpha value is -2.64. The molecule has 29 heavy (non-hydrogen) atoms. The fourth-order valence-corrected chi connectivity index (χ4v) is 3.37. The molecule has 1 aromatic rings. The van der Waals surface area contributed by atoms with Gasteiger partial charge >= 0.3 is 6.09 Å². The van der Waals surface area contributed by atoms with Gasteiger partial charge in [-0.25, -0.2) is 4.79 Å². The Morgan fingerprint density at radius 1 is 1.24 bits per heavy atom. The highest BCUT2D eigenvalue weighted by Crippen LogP contribution is 2.28. The molecule has 2 N–H and O–H groups in total. The maximum absolute atomic E-state index is 11.6. The summed E-state index contributed by atoms with van der Waals surface area (Å²) in [5, 5.41) is 6.82. The molecule has 2 rings (SSSR count). The summed E-state index contributed by atoms with van der Waals surface area (Å²) >= 11 is 0. The minimum absolute atomic E-state index is 0.253. The lowest BCUT2D eigenvalue weighted by Gasteiger charge is -2.32. The number of aliphatic imine (C=N–C) groups is 1. The third-order valence-electron chi connectivity index (χ3n) is 4.95. The number of piperidine rings is 1. The lowest BCUT2D eigenvalue weighted by atomic mass is 10.1. The van der Waals surface area contributed by atoms with Gasteiger partial charge in [0.05, 0.1) is 20.8 Å². The highest BCUT2D eigenvalue weighted by Gasteiger charge is 2.23. The van der Waals surface area contributed by atoms with Crippen LogP contribution in [-0.4, -0.2) is 70.5 Å². The number of guanidine groups is 1. The van der Waals surface area contributed by atoms with Crippen LogP contribution >= 0.6 is 0 Å². The zero-order chi connectivity index (χ0) is 21.1. The van der Waals surface area contributed by atoms with Crippen molar-refractivity contribution in [3.8, 4) is 11.5 Å². The molecule has 0 saturated carbocycles. The Balaban J connectivity index is 1.72. The molecule has 1 amide bonds. The first kappa shape index (κ1) is 22.6. The summed E-state index contributed by atoms with van der Waals surface area (Å²) in [6.07, 6.45) is 3.41. The molecule has 0 aliphatic carbocycles. The van der Waals surface area contributed by atoms with E-state index in [2.05, 4.69) is 21.7 Å². The van der Waals surface area contributed by atoms with E-state index in [1.807, 2.05) is 19.1 Å². The summed E-state index contributed by atoms with van der Waals surface area (Å²) in [5.74, 6) is 2.35. The van der Waals surface area contributed by atoms with Gasteiger partial charge in [0.1, 0.15) is 0 Å². The highest BCUT2D eigenvalue weighted by molar-refractivity contribution is 5.80. The number of methoxy groups -OCH3 is 2. The molecule has 1 saturated heterocycles. The molecule has 0 spiro atoms. The number of rotatable bonds is 8. The second-order valence-electron chi connectivity index (χ2n) is 6.90. The summed E-state index contributed by atoms with van der Waals surface area (Å²) in [7, 11) is 4.85. The summed E-state index contributed by atoms with van der Waals surface area (Å²) in [5.41, 5.74) is 1.22. The topological polar surface area (TPSA) is 84.4 Å². The number of carbonyl (C=O) groups excluding carboxylic acids is 1. The van der Waals surface area contributed by atoms with Gasteiger partial charge in [-0.05, 0) is 50.3 Å². The van der Waals surface area contributed by atoms with Crippen molar-refractivity contribution in [1.82, 2.24) is 15.5 Å². The molecule has 0 bridgehead atoms. The van der Waals surface area contributed by atoms with E-state index in [4.69, 9.17) is 14.2 Å².